The maximum atomic E-state index is 12.6. The van der Waals surface area contributed by atoms with E-state index in [1.807, 2.05) is 66.7 Å². The number of benzene rings is 3. The fraction of sp³-hybridized carbons (Fsp3) is 0.115. The van der Waals surface area contributed by atoms with E-state index in [9.17, 15) is 4.79 Å². The molecule has 6 nitrogen and oxygen atoms in total. The number of anilines is 1. The van der Waals surface area contributed by atoms with E-state index in [0.29, 0.717) is 22.3 Å². The predicted octanol–water partition coefficient (Wildman–Crippen LogP) is 5.56. The molecule has 0 radical (unpaired) electrons. The molecule has 1 amide bonds. The van der Waals surface area contributed by atoms with Crippen molar-refractivity contribution in [1.82, 2.24) is 9.97 Å². The first-order chi connectivity index (χ1) is 16.2. The first kappa shape index (κ1) is 22.4. The Morgan fingerprint density at radius 2 is 1.36 bits per heavy atom. The predicted molar refractivity (Wildman–Crippen MR) is 132 cm³/mol. The van der Waals surface area contributed by atoms with Gasteiger partial charge in [0.1, 0.15) is 0 Å². The Kier molecular flexibility index (Phi) is 7.22. The molecule has 0 spiro atoms. The van der Waals surface area contributed by atoms with Gasteiger partial charge in [0, 0.05) is 22.9 Å². The van der Waals surface area contributed by atoms with E-state index in [1.54, 1.807) is 32.4 Å². The monoisotopic (exact) mass is 457 g/mol. The molecular formula is C26H23N3O3S. The summed E-state index contributed by atoms with van der Waals surface area (Å²) in [6.45, 7) is 0. The Morgan fingerprint density at radius 1 is 0.788 bits per heavy atom. The van der Waals surface area contributed by atoms with Gasteiger partial charge in [-0.2, -0.15) is 0 Å². The molecule has 0 unspecified atom stereocenters. The summed E-state index contributed by atoms with van der Waals surface area (Å²) in [5.74, 6) is 1.15. The summed E-state index contributed by atoms with van der Waals surface area (Å²) < 4.78 is 10.5. The molecular weight excluding hydrogens is 434 g/mol. The molecule has 0 aliphatic carbocycles. The number of aromatic nitrogens is 2. The van der Waals surface area contributed by atoms with Gasteiger partial charge in [0.25, 0.3) is 0 Å². The van der Waals surface area contributed by atoms with Gasteiger partial charge in [0.2, 0.25) is 5.91 Å². The first-order valence-electron chi connectivity index (χ1n) is 10.3. The largest absolute Gasteiger partial charge is 0.493 e. The lowest BCUT2D eigenvalue weighted by atomic mass is 10.1. The Labute approximate surface area is 197 Å². The van der Waals surface area contributed by atoms with Crippen LogP contribution in [-0.2, 0) is 4.79 Å². The minimum absolute atomic E-state index is 0.165. The lowest BCUT2D eigenvalue weighted by molar-refractivity contribution is -0.113. The third-order valence-corrected chi connectivity index (χ3v) is 5.69. The van der Waals surface area contributed by atoms with Crippen molar-refractivity contribution < 1.29 is 14.3 Å². The van der Waals surface area contributed by atoms with E-state index in [-0.39, 0.29) is 11.7 Å². The van der Waals surface area contributed by atoms with Crippen molar-refractivity contribution in [2.45, 2.75) is 5.16 Å². The van der Waals surface area contributed by atoms with E-state index in [0.717, 1.165) is 22.5 Å². The Balaban J connectivity index is 1.53. The van der Waals surface area contributed by atoms with Crippen LogP contribution in [0.2, 0.25) is 0 Å². The highest BCUT2D eigenvalue weighted by Crippen LogP contribution is 2.30. The second-order valence-electron chi connectivity index (χ2n) is 7.06. The molecule has 3 aromatic carbocycles. The molecule has 4 aromatic rings. The molecule has 1 aromatic heterocycles. The number of ether oxygens (including phenoxy) is 2. The third-order valence-electron chi connectivity index (χ3n) is 4.84. The van der Waals surface area contributed by atoms with Crippen molar-refractivity contribution in [3.63, 3.8) is 0 Å². The Hall–Kier alpha value is -3.84. The highest BCUT2D eigenvalue weighted by molar-refractivity contribution is 7.99. The van der Waals surface area contributed by atoms with Gasteiger partial charge < -0.3 is 14.8 Å². The summed E-state index contributed by atoms with van der Waals surface area (Å²) in [4.78, 5) is 22.0. The van der Waals surface area contributed by atoms with Crippen molar-refractivity contribution in [3.05, 3.63) is 84.9 Å². The molecule has 7 heteroatoms. The zero-order valence-electron chi connectivity index (χ0n) is 18.3. The highest BCUT2D eigenvalue weighted by atomic mass is 32.2. The summed E-state index contributed by atoms with van der Waals surface area (Å²) in [5, 5.41) is 3.42. The van der Waals surface area contributed by atoms with Crippen LogP contribution in [0.5, 0.6) is 11.5 Å². The van der Waals surface area contributed by atoms with Crippen molar-refractivity contribution in [2.75, 3.05) is 25.3 Å². The van der Waals surface area contributed by atoms with Crippen molar-refractivity contribution in [1.29, 1.82) is 0 Å². The van der Waals surface area contributed by atoms with Crippen LogP contribution >= 0.6 is 11.8 Å². The molecule has 0 saturated carbocycles. The van der Waals surface area contributed by atoms with Gasteiger partial charge in [-0.25, -0.2) is 9.97 Å². The number of amides is 1. The Morgan fingerprint density at radius 3 is 1.91 bits per heavy atom. The normalized spacial score (nSPS) is 10.5. The van der Waals surface area contributed by atoms with E-state index >= 15 is 0 Å². The van der Waals surface area contributed by atoms with E-state index < -0.39 is 0 Å². The van der Waals surface area contributed by atoms with Crippen LogP contribution in [0, 0.1) is 0 Å². The van der Waals surface area contributed by atoms with Crippen LogP contribution in [0.25, 0.3) is 22.5 Å². The number of carbonyl (C=O) groups is 1. The van der Waals surface area contributed by atoms with Crippen molar-refractivity contribution >= 4 is 23.4 Å². The van der Waals surface area contributed by atoms with Crippen LogP contribution in [0.1, 0.15) is 0 Å². The standard InChI is InChI=1S/C26H23N3O3S/c1-31-23-14-13-20(15-24(23)32-2)27-25(30)17-33-26-28-21(18-9-5-3-6-10-18)16-22(29-26)19-11-7-4-8-12-19/h3-16H,17H2,1-2H3,(H,27,30). The van der Waals surface area contributed by atoms with Gasteiger partial charge in [-0.1, -0.05) is 72.4 Å². The fourth-order valence-corrected chi connectivity index (χ4v) is 3.90. The number of nitrogens with zero attached hydrogens (tertiary/aromatic N) is 2. The maximum Gasteiger partial charge on any atom is 0.234 e. The van der Waals surface area contributed by atoms with Crippen LogP contribution in [0.15, 0.2) is 90.1 Å². The van der Waals surface area contributed by atoms with E-state index in [2.05, 4.69) is 5.32 Å². The second-order valence-corrected chi connectivity index (χ2v) is 8.00. The maximum absolute atomic E-state index is 12.6. The molecule has 4 rings (SSSR count). The first-order valence-corrected chi connectivity index (χ1v) is 11.3. The molecule has 1 heterocycles. The van der Waals surface area contributed by atoms with E-state index in [1.165, 1.54) is 11.8 Å². The van der Waals surface area contributed by atoms with Crippen molar-refractivity contribution in [2.24, 2.45) is 0 Å². The Bertz CT molecular complexity index is 1180. The number of carbonyl (C=O) groups excluding carboxylic acids is 1. The number of nitrogens with one attached hydrogen (secondary N) is 1. The summed E-state index contributed by atoms with van der Waals surface area (Å²) in [6, 6.07) is 27.1. The lowest BCUT2D eigenvalue weighted by Crippen LogP contribution is -2.14. The fourth-order valence-electron chi connectivity index (χ4n) is 3.24. The summed E-state index contributed by atoms with van der Waals surface area (Å²) in [6.07, 6.45) is 0. The lowest BCUT2D eigenvalue weighted by Gasteiger charge is -2.11. The average Bonchev–Trinajstić information content (AvgIpc) is 2.88. The zero-order chi connectivity index (χ0) is 23.0. The van der Waals surface area contributed by atoms with Gasteiger partial charge in [0.15, 0.2) is 16.7 Å². The molecule has 0 aliphatic heterocycles. The molecule has 0 bridgehead atoms. The minimum atomic E-state index is -0.165. The zero-order valence-corrected chi connectivity index (χ0v) is 19.1. The minimum Gasteiger partial charge on any atom is -0.493 e. The molecule has 166 valence electrons. The summed E-state index contributed by atoms with van der Waals surface area (Å²) in [7, 11) is 3.13. The second kappa shape index (κ2) is 10.7. The number of rotatable bonds is 8. The third kappa shape index (κ3) is 5.70. The number of thioether (sulfide) groups is 1. The van der Waals surface area contributed by atoms with Gasteiger partial charge in [-0.05, 0) is 18.2 Å². The average molecular weight is 458 g/mol. The van der Waals surface area contributed by atoms with Crippen LogP contribution < -0.4 is 14.8 Å². The van der Waals surface area contributed by atoms with Gasteiger partial charge in [-0.15, -0.1) is 0 Å². The van der Waals surface area contributed by atoms with Gasteiger partial charge in [-0.3, -0.25) is 4.79 Å². The number of hydrogen-bond acceptors (Lipinski definition) is 6. The molecule has 0 saturated heterocycles. The summed E-state index contributed by atoms with van der Waals surface area (Å²) in [5.41, 5.74) is 4.24. The van der Waals surface area contributed by atoms with Crippen LogP contribution in [0.3, 0.4) is 0 Å². The molecule has 0 aliphatic rings. The SMILES string of the molecule is COc1ccc(NC(=O)CSc2nc(-c3ccccc3)cc(-c3ccccc3)n2)cc1OC. The summed E-state index contributed by atoms with van der Waals surface area (Å²) >= 11 is 1.29. The molecule has 33 heavy (non-hydrogen) atoms. The topological polar surface area (TPSA) is 73.3 Å². The smallest absolute Gasteiger partial charge is 0.234 e. The van der Waals surface area contributed by atoms with Crippen molar-refractivity contribution in [3.8, 4) is 34.0 Å². The van der Waals surface area contributed by atoms with E-state index in [4.69, 9.17) is 19.4 Å². The molecule has 0 fully saturated rings. The highest BCUT2D eigenvalue weighted by Gasteiger charge is 2.12. The van der Waals surface area contributed by atoms with Crippen LogP contribution in [0.4, 0.5) is 5.69 Å². The quantitative estimate of drug-likeness (QED) is 0.276. The number of methoxy groups -OCH3 is 2. The molecule has 1 N–H and O–H groups in total. The van der Waals surface area contributed by atoms with Gasteiger partial charge >= 0.3 is 0 Å². The van der Waals surface area contributed by atoms with Gasteiger partial charge in [0.05, 0.1) is 31.4 Å². The molecule has 0 atom stereocenters. The number of hydrogen-bond donors (Lipinski definition) is 1. The van der Waals surface area contributed by atoms with Crippen LogP contribution in [-0.4, -0.2) is 35.8 Å².